The number of carbonyl (C=O) groups is 2. The van der Waals surface area contributed by atoms with Crippen molar-refractivity contribution in [2.24, 2.45) is 0 Å². The molecule has 0 saturated heterocycles. The molecule has 0 aliphatic carbocycles. The second kappa shape index (κ2) is 6.51. The Morgan fingerprint density at radius 1 is 0.650 bits per heavy atom. The van der Waals surface area contributed by atoms with E-state index in [1.807, 2.05) is 0 Å². The summed E-state index contributed by atoms with van der Waals surface area (Å²) >= 11 is 12.5. The topological polar surface area (TPSA) is 34.1 Å². The molecule has 0 saturated carbocycles. The number of benzene rings is 2. The van der Waals surface area contributed by atoms with Crippen LogP contribution >= 0.6 is 23.2 Å². The van der Waals surface area contributed by atoms with Gasteiger partial charge in [-0.05, 0) is 11.1 Å². The molecule has 0 N–H and O–H groups in total. The fraction of sp³-hybridized carbons (Fsp3) is 0. The standard InChI is InChI=1S/C16H10Cl2O2/c17-15(13-5-1-11(9-19)2-6-13)16(18)14-7-3-12(10-20)4-8-14/h1-10H. The Morgan fingerprint density at radius 2 is 0.950 bits per heavy atom. The summed E-state index contributed by atoms with van der Waals surface area (Å²) in [5.74, 6) is 0. The van der Waals surface area contributed by atoms with Gasteiger partial charge in [0.2, 0.25) is 0 Å². The van der Waals surface area contributed by atoms with E-state index in [0.29, 0.717) is 21.2 Å². The second-order valence-electron chi connectivity index (χ2n) is 4.11. The van der Waals surface area contributed by atoms with Gasteiger partial charge in [0, 0.05) is 11.1 Å². The third-order valence-electron chi connectivity index (χ3n) is 2.79. The van der Waals surface area contributed by atoms with Crippen LogP contribution in [0.3, 0.4) is 0 Å². The summed E-state index contributed by atoms with van der Waals surface area (Å²) in [7, 11) is 0. The summed E-state index contributed by atoms with van der Waals surface area (Å²) in [5.41, 5.74) is 2.60. The molecule has 2 aromatic rings. The summed E-state index contributed by atoms with van der Waals surface area (Å²) in [6, 6.07) is 13.6. The number of aldehydes is 2. The molecule has 2 nitrogen and oxygen atoms in total. The van der Waals surface area contributed by atoms with Gasteiger partial charge in [-0.3, -0.25) is 9.59 Å². The van der Waals surface area contributed by atoms with Crippen LogP contribution in [-0.2, 0) is 0 Å². The molecule has 0 fully saturated rings. The predicted molar refractivity (Wildman–Crippen MR) is 82.2 cm³/mol. The summed E-state index contributed by atoms with van der Waals surface area (Å²) < 4.78 is 0. The molecular formula is C16H10Cl2O2. The lowest BCUT2D eigenvalue weighted by Crippen LogP contribution is -1.86. The van der Waals surface area contributed by atoms with Crippen LogP contribution in [-0.4, -0.2) is 12.6 Å². The van der Waals surface area contributed by atoms with Crippen molar-refractivity contribution in [3.05, 3.63) is 70.8 Å². The van der Waals surface area contributed by atoms with Gasteiger partial charge in [0.05, 0.1) is 10.1 Å². The Bertz CT molecular complexity index is 596. The number of hydrogen-bond donors (Lipinski definition) is 0. The molecular weight excluding hydrogens is 295 g/mol. The minimum Gasteiger partial charge on any atom is -0.298 e. The molecule has 0 bridgehead atoms. The highest BCUT2D eigenvalue weighted by molar-refractivity contribution is 6.65. The van der Waals surface area contributed by atoms with Crippen molar-refractivity contribution in [3.63, 3.8) is 0 Å². The van der Waals surface area contributed by atoms with E-state index in [1.165, 1.54) is 0 Å². The zero-order valence-electron chi connectivity index (χ0n) is 10.3. The van der Waals surface area contributed by atoms with Gasteiger partial charge in [0.25, 0.3) is 0 Å². The first-order chi connectivity index (χ1) is 9.65. The van der Waals surface area contributed by atoms with Crippen molar-refractivity contribution in [2.75, 3.05) is 0 Å². The van der Waals surface area contributed by atoms with E-state index in [1.54, 1.807) is 48.5 Å². The fourth-order valence-corrected chi connectivity index (χ4v) is 2.14. The van der Waals surface area contributed by atoms with Crippen LogP contribution in [0.1, 0.15) is 31.8 Å². The number of halogens is 2. The van der Waals surface area contributed by atoms with Crippen LogP contribution in [0.2, 0.25) is 0 Å². The van der Waals surface area contributed by atoms with Gasteiger partial charge in [0.15, 0.2) is 0 Å². The van der Waals surface area contributed by atoms with Gasteiger partial charge >= 0.3 is 0 Å². The molecule has 0 aliphatic heterocycles. The maximum Gasteiger partial charge on any atom is 0.150 e. The largest absolute Gasteiger partial charge is 0.298 e. The molecule has 4 heteroatoms. The van der Waals surface area contributed by atoms with Crippen LogP contribution in [0.25, 0.3) is 10.1 Å². The predicted octanol–water partition coefficient (Wildman–Crippen LogP) is 4.62. The molecule has 0 heterocycles. The Hall–Kier alpha value is -1.90. The quantitative estimate of drug-likeness (QED) is 0.610. The van der Waals surface area contributed by atoms with Crippen molar-refractivity contribution in [1.82, 2.24) is 0 Å². The van der Waals surface area contributed by atoms with Crippen LogP contribution in [0, 0.1) is 0 Å². The zero-order chi connectivity index (χ0) is 14.5. The van der Waals surface area contributed by atoms with Crippen LogP contribution in [0.5, 0.6) is 0 Å². The number of rotatable bonds is 4. The SMILES string of the molecule is O=Cc1ccc(C(Cl)=C(Cl)c2ccc(C=O)cc2)cc1. The van der Waals surface area contributed by atoms with E-state index >= 15 is 0 Å². The summed E-state index contributed by atoms with van der Waals surface area (Å²) in [5, 5.41) is 0.783. The maximum atomic E-state index is 10.6. The first-order valence-corrected chi connectivity index (χ1v) is 6.58. The third kappa shape index (κ3) is 3.16. The molecule has 0 atom stereocenters. The van der Waals surface area contributed by atoms with Crippen molar-refractivity contribution in [1.29, 1.82) is 0 Å². The average molecular weight is 305 g/mol. The smallest absolute Gasteiger partial charge is 0.150 e. The van der Waals surface area contributed by atoms with Crippen molar-refractivity contribution in [3.8, 4) is 0 Å². The zero-order valence-corrected chi connectivity index (χ0v) is 11.9. The van der Waals surface area contributed by atoms with Gasteiger partial charge < -0.3 is 0 Å². The van der Waals surface area contributed by atoms with Gasteiger partial charge in [-0.1, -0.05) is 71.7 Å². The Morgan fingerprint density at radius 3 is 1.20 bits per heavy atom. The summed E-state index contributed by atoms with van der Waals surface area (Å²) in [6.07, 6.45) is 1.53. The molecule has 0 spiro atoms. The van der Waals surface area contributed by atoms with Crippen molar-refractivity contribution in [2.45, 2.75) is 0 Å². The van der Waals surface area contributed by atoms with E-state index in [2.05, 4.69) is 0 Å². The fourth-order valence-electron chi connectivity index (χ4n) is 1.67. The molecule has 2 aromatic carbocycles. The molecule has 100 valence electrons. The lowest BCUT2D eigenvalue weighted by Gasteiger charge is -2.05. The van der Waals surface area contributed by atoms with Crippen molar-refractivity contribution >= 4 is 45.8 Å². The maximum absolute atomic E-state index is 10.6. The van der Waals surface area contributed by atoms with Gasteiger partial charge in [-0.15, -0.1) is 0 Å². The summed E-state index contributed by atoms with van der Waals surface area (Å²) in [4.78, 5) is 21.2. The second-order valence-corrected chi connectivity index (χ2v) is 4.86. The van der Waals surface area contributed by atoms with E-state index in [4.69, 9.17) is 23.2 Å². The lowest BCUT2D eigenvalue weighted by atomic mass is 10.1. The first-order valence-electron chi connectivity index (χ1n) is 5.82. The van der Waals surface area contributed by atoms with Crippen LogP contribution in [0.15, 0.2) is 48.5 Å². The Balaban J connectivity index is 2.37. The first kappa shape index (κ1) is 14.5. The van der Waals surface area contributed by atoms with E-state index in [0.717, 1.165) is 23.7 Å². The molecule has 0 amide bonds. The lowest BCUT2D eigenvalue weighted by molar-refractivity contribution is 0.111. The number of hydrogen-bond acceptors (Lipinski definition) is 2. The van der Waals surface area contributed by atoms with E-state index in [9.17, 15) is 9.59 Å². The molecule has 0 aliphatic rings. The van der Waals surface area contributed by atoms with Crippen LogP contribution in [0.4, 0.5) is 0 Å². The number of carbonyl (C=O) groups excluding carboxylic acids is 2. The Kier molecular flexibility index (Phi) is 4.72. The third-order valence-corrected chi connectivity index (χ3v) is 3.70. The van der Waals surface area contributed by atoms with E-state index < -0.39 is 0 Å². The monoisotopic (exact) mass is 304 g/mol. The highest BCUT2D eigenvalue weighted by Crippen LogP contribution is 2.32. The van der Waals surface area contributed by atoms with Gasteiger partial charge in [-0.2, -0.15) is 0 Å². The van der Waals surface area contributed by atoms with Crippen LogP contribution < -0.4 is 0 Å². The minimum absolute atomic E-state index is 0.392. The minimum atomic E-state index is 0.392. The molecule has 0 unspecified atom stereocenters. The van der Waals surface area contributed by atoms with Crippen molar-refractivity contribution < 1.29 is 9.59 Å². The van der Waals surface area contributed by atoms with Gasteiger partial charge in [0.1, 0.15) is 12.6 Å². The highest BCUT2D eigenvalue weighted by Gasteiger charge is 2.07. The normalized spacial score (nSPS) is 11.7. The molecule has 0 radical (unpaired) electrons. The molecule has 2 rings (SSSR count). The summed E-state index contributed by atoms with van der Waals surface area (Å²) in [6.45, 7) is 0. The molecule has 0 aromatic heterocycles. The highest BCUT2D eigenvalue weighted by atomic mass is 35.5. The average Bonchev–Trinajstić information content (AvgIpc) is 2.53. The van der Waals surface area contributed by atoms with Gasteiger partial charge in [-0.25, -0.2) is 0 Å². The molecule has 20 heavy (non-hydrogen) atoms. The Labute approximate surface area is 126 Å². The van der Waals surface area contributed by atoms with E-state index in [-0.39, 0.29) is 0 Å².